The lowest BCUT2D eigenvalue weighted by Crippen LogP contribution is -2.06. The Labute approximate surface area is 100 Å². The van der Waals surface area contributed by atoms with E-state index in [-0.39, 0.29) is 0 Å². The molecule has 2 rings (SSSR count). The lowest BCUT2D eigenvalue weighted by atomic mass is 9.91. The van der Waals surface area contributed by atoms with Crippen molar-refractivity contribution in [1.82, 2.24) is 0 Å². The Bertz CT molecular complexity index is 360. The van der Waals surface area contributed by atoms with Gasteiger partial charge in [-0.15, -0.1) is 0 Å². The highest BCUT2D eigenvalue weighted by Crippen LogP contribution is 2.34. The predicted molar refractivity (Wildman–Crippen MR) is 68.3 cm³/mol. The third kappa shape index (κ3) is 2.26. The molecule has 1 aliphatic rings. The number of nitrogens with two attached hydrogens (primary N) is 1. The summed E-state index contributed by atoms with van der Waals surface area (Å²) in [7, 11) is 0. The summed E-state index contributed by atoms with van der Waals surface area (Å²) in [5.41, 5.74) is 10.3. The smallest absolute Gasteiger partial charge is 0.0181 e. The number of benzene rings is 1. The van der Waals surface area contributed by atoms with Gasteiger partial charge < -0.3 is 5.73 Å². The van der Waals surface area contributed by atoms with Gasteiger partial charge in [-0.25, -0.2) is 0 Å². The maximum absolute atomic E-state index is 5.64. The van der Waals surface area contributed by atoms with Gasteiger partial charge in [-0.2, -0.15) is 0 Å². The number of aryl methyl sites for hydroxylation is 1. The van der Waals surface area contributed by atoms with Gasteiger partial charge in [0.25, 0.3) is 0 Å². The van der Waals surface area contributed by atoms with Crippen LogP contribution in [0.4, 0.5) is 0 Å². The molecular formula is C13H18BrN. The van der Waals surface area contributed by atoms with Gasteiger partial charge in [0.15, 0.2) is 0 Å². The molecule has 82 valence electrons. The van der Waals surface area contributed by atoms with Crippen LogP contribution in [0.1, 0.15) is 42.4 Å². The van der Waals surface area contributed by atoms with Gasteiger partial charge in [-0.05, 0) is 67.0 Å². The van der Waals surface area contributed by atoms with E-state index in [0.717, 1.165) is 13.0 Å². The largest absolute Gasteiger partial charge is 0.330 e. The maximum Gasteiger partial charge on any atom is 0.0181 e. The molecule has 2 heteroatoms. The van der Waals surface area contributed by atoms with Gasteiger partial charge in [0.1, 0.15) is 0 Å². The van der Waals surface area contributed by atoms with Crippen LogP contribution in [-0.4, -0.2) is 6.54 Å². The lowest BCUT2D eigenvalue weighted by molar-refractivity contribution is 0.682. The average Bonchev–Trinajstić information content (AvgIpc) is 2.64. The van der Waals surface area contributed by atoms with Crippen LogP contribution in [-0.2, 0) is 12.8 Å². The van der Waals surface area contributed by atoms with Gasteiger partial charge >= 0.3 is 0 Å². The second kappa shape index (κ2) is 4.67. The average molecular weight is 268 g/mol. The van der Waals surface area contributed by atoms with E-state index in [9.17, 15) is 0 Å². The van der Waals surface area contributed by atoms with Crippen LogP contribution in [0.2, 0.25) is 0 Å². The van der Waals surface area contributed by atoms with Crippen LogP contribution >= 0.6 is 15.9 Å². The van der Waals surface area contributed by atoms with Crippen molar-refractivity contribution in [2.75, 3.05) is 6.54 Å². The Hall–Kier alpha value is -0.340. The van der Waals surface area contributed by atoms with Crippen molar-refractivity contribution in [2.45, 2.75) is 38.5 Å². The Morgan fingerprint density at radius 1 is 1.40 bits per heavy atom. The third-order valence-corrected chi connectivity index (χ3v) is 3.80. The van der Waals surface area contributed by atoms with Crippen molar-refractivity contribution >= 4 is 15.9 Å². The minimum Gasteiger partial charge on any atom is -0.330 e. The number of rotatable bonds is 3. The summed E-state index contributed by atoms with van der Waals surface area (Å²) in [6.45, 7) is 3.07. The number of halogens is 1. The number of hydrogen-bond acceptors (Lipinski definition) is 1. The normalized spacial score (nSPS) is 16.5. The number of hydrogen-bond donors (Lipinski definition) is 1. The minimum atomic E-state index is 0.597. The molecule has 0 saturated carbocycles. The maximum atomic E-state index is 5.64. The van der Waals surface area contributed by atoms with Crippen molar-refractivity contribution in [3.63, 3.8) is 0 Å². The van der Waals surface area contributed by atoms with Crippen LogP contribution < -0.4 is 5.73 Å². The highest BCUT2D eigenvalue weighted by atomic mass is 79.9. The van der Waals surface area contributed by atoms with E-state index in [0.29, 0.717) is 5.92 Å². The van der Waals surface area contributed by atoms with E-state index in [1.54, 1.807) is 11.1 Å². The Morgan fingerprint density at radius 3 is 2.93 bits per heavy atom. The molecule has 0 bridgehead atoms. The molecule has 0 spiro atoms. The van der Waals surface area contributed by atoms with E-state index in [4.69, 9.17) is 5.73 Å². The van der Waals surface area contributed by atoms with Crippen molar-refractivity contribution in [3.05, 3.63) is 33.3 Å². The van der Waals surface area contributed by atoms with Crippen LogP contribution in [0.3, 0.4) is 0 Å². The summed E-state index contributed by atoms with van der Waals surface area (Å²) >= 11 is 3.60. The quantitative estimate of drug-likeness (QED) is 0.893. The van der Waals surface area contributed by atoms with Crippen molar-refractivity contribution < 1.29 is 0 Å². The zero-order valence-electron chi connectivity index (χ0n) is 9.22. The molecule has 1 aliphatic carbocycles. The zero-order chi connectivity index (χ0) is 10.8. The van der Waals surface area contributed by atoms with Crippen LogP contribution in [0.5, 0.6) is 0 Å². The van der Waals surface area contributed by atoms with E-state index >= 15 is 0 Å². The fourth-order valence-electron chi connectivity index (χ4n) is 2.55. The van der Waals surface area contributed by atoms with E-state index in [1.807, 2.05) is 0 Å². The lowest BCUT2D eigenvalue weighted by Gasteiger charge is -2.16. The molecule has 2 N–H and O–H groups in total. The fraction of sp³-hybridized carbons (Fsp3) is 0.538. The van der Waals surface area contributed by atoms with E-state index in [2.05, 4.69) is 35.0 Å². The molecule has 1 atom stereocenters. The zero-order valence-corrected chi connectivity index (χ0v) is 10.8. The molecule has 0 heterocycles. The molecular weight excluding hydrogens is 250 g/mol. The second-order valence-electron chi connectivity index (χ2n) is 4.46. The summed E-state index contributed by atoms with van der Waals surface area (Å²) in [5.74, 6) is 0.597. The SMILES string of the molecule is CC(CCN)c1cc(Br)cc2c1CCC2. The van der Waals surface area contributed by atoms with Gasteiger partial charge in [0, 0.05) is 4.47 Å². The topological polar surface area (TPSA) is 26.0 Å². The molecule has 1 aromatic carbocycles. The molecule has 15 heavy (non-hydrogen) atoms. The van der Waals surface area contributed by atoms with Gasteiger partial charge in [-0.1, -0.05) is 22.9 Å². The first-order chi connectivity index (χ1) is 7.22. The third-order valence-electron chi connectivity index (χ3n) is 3.35. The molecule has 0 radical (unpaired) electrons. The highest BCUT2D eigenvalue weighted by Gasteiger charge is 2.18. The summed E-state index contributed by atoms with van der Waals surface area (Å²) in [4.78, 5) is 0. The van der Waals surface area contributed by atoms with Crippen LogP contribution in [0.25, 0.3) is 0 Å². The standard InChI is InChI=1S/C13H18BrN/c1-9(5-6-15)13-8-11(14)7-10-3-2-4-12(10)13/h7-9H,2-6,15H2,1H3. The molecule has 0 fully saturated rings. The van der Waals surface area contributed by atoms with Crippen molar-refractivity contribution in [2.24, 2.45) is 5.73 Å². The first-order valence-electron chi connectivity index (χ1n) is 5.73. The number of fused-ring (bicyclic) bond motifs is 1. The van der Waals surface area contributed by atoms with Crippen LogP contribution in [0.15, 0.2) is 16.6 Å². The molecule has 0 aliphatic heterocycles. The molecule has 1 unspecified atom stereocenters. The van der Waals surface area contributed by atoms with Gasteiger partial charge in [0.05, 0.1) is 0 Å². The second-order valence-corrected chi connectivity index (χ2v) is 5.38. The first-order valence-corrected chi connectivity index (χ1v) is 6.53. The molecule has 0 saturated heterocycles. The Kier molecular flexibility index (Phi) is 3.47. The summed E-state index contributed by atoms with van der Waals surface area (Å²) in [5, 5.41) is 0. The molecule has 0 aromatic heterocycles. The highest BCUT2D eigenvalue weighted by molar-refractivity contribution is 9.10. The van der Waals surface area contributed by atoms with Gasteiger partial charge in [0.2, 0.25) is 0 Å². The van der Waals surface area contributed by atoms with E-state index in [1.165, 1.54) is 29.3 Å². The Balaban J connectivity index is 2.37. The first kappa shape index (κ1) is 11.2. The summed E-state index contributed by atoms with van der Waals surface area (Å²) < 4.78 is 1.22. The van der Waals surface area contributed by atoms with Crippen LogP contribution in [0, 0.1) is 0 Å². The monoisotopic (exact) mass is 267 g/mol. The predicted octanol–water partition coefficient (Wildman–Crippen LogP) is 3.39. The van der Waals surface area contributed by atoms with Crippen molar-refractivity contribution in [1.29, 1.82) is 0 Å². The van der Waals surface area contributed by atoms with Crippen molar-refractivity contribution in [3.8, 4) is 0 Å². The summed E-state index contributed by atoms with van der Waals surface area (Å²) in [6, 6.07) is 4.56. The fourth-order valence-corrected chi connectivity index (χ4v) is 3.07. The summed E-state index contributed by atoms with van der Waals surface area (Å²) in [6.07, 6.45) is 4.90. The molecule has 0 amide bonds. The molecule has 1 nitrogen and oxygen atoms in total. The Morgan fingerprint density at radius 2 is 2.20 bits per heavy atom. The van der Waals surface area contributed by atoms with Gasteiger partial charge in [-0.3, -0.25) is 0 Å². The minimum absolute atomic E-state index is 0.597. The van der Waals surface area contributed by atoms with E-state index < -0.39 is 0 Å². The molecule has 1 aromatic rings.